The number of rotatable bonds is 4. The smallest absolute Gasteiger partial charge is 0.353 e. The highest BCUT2D eigenvalue weighted by molar-refractivity contribution is 5.98. The molecule has 1 aromatic carbocycles. The molecule has 0 spiro atoms. The summed E-state index contributed by atoms with van der Waals surface area (Å²) in [5.74, 6) is -0.0712. The number of imidazole rings is 1. The molecular formula is C21H17F3N8O3. The van der Waals surface area contributed by atoms with E-state index in [4.69, 9.17) is 4.52 Å². The van der Waals surface area contributed by atoms with Crippen LogP contribution < -0.4 is 10.6 Å². The van der Waals surface area contributed by atoms with Gasteiger partial charge in [-0.3, -0.25) is 14.5 Å². The number of alkyl halides is 3. The summed E-state index contributed by atoms with van der Waals surface area (Å²) in [6.45, 7) is 0.439. The molecule has 35 heavy (non-hydrogen) atoms. The number of hydrogen-bond donors (Lipinski definition) is 3. The van der Waals surface area contributed by atoms with Gasteiger partial charge in [0.05, 0.1) is 29.7 Å². The Morgan fingerprint density at radius 2 is 2.06 bits per heavy atom. The van der Waals surface area contributed by atoms with Crippen molar-refractivity contribution in [3.63, 3.8) is 0 Å². The van der Waals surface area contributed by atoms with Crippen LogP contribution in [0, 0.1) is 0 Å². The molecule has 0 unspecified atom stereocenters. The lowest BCUT2D eigenvalue weighted by molar-refractivity contribution is -0.137. The van der Waals surface area contributed by atoms with Crippen LogP contribution in [0.15, 0.2) is 35.1 Å². The van der Waals surface area contributed by atoms with Crippen LogP contribution in [-0.2, 0) is 24.1 Å². The van der Waals surface area contributed by atoms with Gasteiger partial charge in [-0.15, -0.1) is 0 Å². The molecule has 11 nitrogen and oxygen atoms in total. The average Bonchev–Trinajstić information content (AvgIpc) is 3.40. The van der Waals surface area contributed by atoms with Crippen molar-refractivity contribution in [3.8, 4) is 11.6 Å². The lowest BCUT2D eigenvalue weighted by Crippen LogP contribution is -2.27. The number of likely N-dealkylation sites (N-methyl/N-ethyl adjacent to an activating group) is 1. The number of aromatic nitrogens is 5. The van der Waals surface area contributed by atoms with E-state index in [-0.39, 0.29) is 47.6 Å². The van der Waals surface area contributed by atoms with Crippen molar-refractivity contribution in [1.29, 1.82) is 0 Å². The molecule has 4 heterocycles. The first-order chi connectivity index (χ1) is 16.7. The van der Waals surface area contributed by atoms with Crippen LogP contribution in [0.25, 0.3) is 22.6 Å². The summed E-state index contributed by atoms with van der Waals surface area (Å²) < 4.78 is 44.1. The van der Waals surface area contributed by atoms with Gasteiger partial charge in [-0.1, -0.05) is 5.16 Å². The number of carbonyl (C=O) groups excluding carboxylic acids is 2. The Morgan fingerprint density at radius 1 is 1.23 bits per heavy atom. The largest absolute Gasteiger partial charge is 0.416 e. The van der Waals surface area contributed by atoms with E-state index in [9.17, 15) is 22.8 Å². The third kappa shape index (κ3) is 4.55. The number of anilines is 1. The molecule has 4 aromatic rings. The van der Waals surface area contributed by atoms with Crippen LogP contribution in [0.1, 0.15) is 27.3 Å². The Morgan fingerprint density at radius 3 is 2.86 bits per heavy atom. The van der Waals surface area contributed by atoms with E-state index in [1.54, 1.807) is 11.9 Å². The minimum atomic E-state index is -4.47. The van der Waals surface area contributed by atoms with Gasteiger partial charge in [0.2, 0.25) is 11.7 Å². The molecule has 0 radical (unpaired) electrons. The second kappa shape index (κ2) is 8.47. The number of aromatic amines is 1. The first-order valence-electron chi connectivity index (χ1n) is 10.3. The molecule has 5 rings (SSSR count). The molecule has 14 heteroatoms. The van der Waals surface area contributed by atoms with Crippen LogP contribution in [0.3, 0.4) is 0 Å². The maximum atomic E-state index is 12.9. The van der Waals surface area contributed by atoms with Crippen molar-refractivity contribution in [2.75, 3.05) is 18.9 Å². The fourth-order valence-corrected chi connectivity index (χ4v) is 3.67. The van der Waals surface area contributed by atoms with Gasteiger partial charge in [-0.25, -0.2) is 15.0 Å². The number of halogens is 3. The molecule has 3 N–H and O–H groups in total. The van der Waals surface area contributed by atoms with Crippen LogP contribution >= 0.6 is 0 Å². The van der Waals surface area contributed by atoms with Crippen LogP contribution in [-0.4, -0.2) is 55.4 Å². The first-order valence-corrected chi connectivity index (χ1v) is 10.3. The quantitative estimate of drug-likeness (QED) is 0.399. The lowest BCUT2D eigenvalue weighted by Gasteiger charge is -2.13. The summed E-state index contributed by atoms with van der Waals surface area (Å²) in [4.78, 5) is 41.6. The van der Waals surface area contributed by atoms with Crippen molar-refractivity contribution < 1.29 is 27.3 Å². The molecule has 0 bridgehead atoms. The molecule has 1 aliphatic rings. The maximum absolute atomic E-state index is 12.9. The van der Waals surface area contributed by atoms with Crippen molar-refractivity contribution >= 4 is 28.7 Å². The minimum Gasteiger partial charge on any atom is -0.353 e. The third-order valence-electron chi connectivity index (χ3n) is 5.29. The van der Waals surface area contributed by atoms with Gasteiger partial charge in [0.25, 0.3) is 5.91 Å². The molecule has 0 fully saturated rings. The second-order valence-electron chi connectivity index (χ2n) is 7.95. The topological polar surface area (TPSA) is 142 Å². The van der Waals surface area contributed by atoms with Gasteiger partial charge in [-0.05, 0) is 25.2 Å². The highest BCUT2D eigenvalue weighted by Crippen LogP contribution is 2.31. The summed E-state index contributed by atoms with van der Waals surface area (Å²) in [5.41, 5.74) is 0.693. The van der Waals surface area contributed by atoms with E-state index in [1.165, 1.54) is 18.5 Å². The van der Waals surface area contributed by atoms with Crippen molar-refractivity contribution in [2.45, 2.75) is 19.3 Å². The zero-order chi connectivity index (χ0) is 24.7. The van der Waals surface area contributed by atoms with E-state index in [2.05, 4.69) is 35.7 Å². The Kier molecular flexibility index (Phi) is 5.43. The van der Waals surface area contributed by atoms with Crippen molar-refractivity contribution in [2.24, 2.45) is 0 Å². The van der Waals surface area contributed by atoms with E-state index in [0.717, 1.165) is 12.1 Å². The number of nitrogens with one attached hydrogen (secondary N) is 3. The Labute approximate surface area is 194 Å². The fraction of sp³-hybridized carbons (Fsp3) is 0.238. The van der Waals surface area contributed by atoms with Crippen molar-refractivity contribution in [1.82, 2.24) is 35.3 Å². The van der Waals surface area contributed by atoms with Gasteiger partial charge in [0, 0.05) is 18.2 Å². The average molecular weight is 486 g/mol. The number of fused-ring (bicyclic) bond motifs is 2. The summed E-state index contributed by atoms with van der Waals surface area (Å²) >= 11 is 0. The predicted molar refractivity (Wildman–Crippen MR) is 115 cm³/mol. The standard InChI is InChI=1S/C21H17F3N8O3/c1-32-7-12-17(26-9-27-18(12)30-16(33)8-32)20(34)25-6-11-5-15(35-31-11)19-28-13-3-2-10(21(22,23)24)4-14(13)29-19/h2-5,9H,6-8H2,1H3,(H,25,34)(H,28,29)(H,26,27,30,33). The first kappa shape index (κ1) is 22.5. The van der Waals surface area contributed by atoms with Gasteiger partial charge in [-0.2, -0.15) is 13.2 Å². The molecule has 180 valence electrons. The summed E-state index contributed by atoms with van der Waals surface area (Å²) in [7, 11) is 1.74. The highest BCUT2D eigenvalue weighted by atomic mass is 19.4. The molecule has 0 saturated carbocycles. The molecule has 0 aliphatic carbocycles. The Hall–Kier alpha value is -4.33. The van der Waals surface area contributed by atoms with Gasteiger partial charge >= 0.3 is 6.18 Å². The number of carbonyl (C=O) groups is 2. The summed E-state index contributed by atoms with van der Waals surface area (Å²) in [5, 5.41) is 9.22. The zero-order valence-electron chi connectivity index (χ0n) is 18.1. The Bertz CT molecular complexity index is 1450. The number of H-pyrrole nitrogens is 1. The molecule has 2 amide bonds. The lowest BCUT2D eigenvalue weighted by atomic mass is 10.2. The highest BCUT2D eigenvalue weighted by Gasteiger charge is 2.31. The normalized spacial score (nSPS) is 14.5. The van der Waals surface area contributed by atoms with Crippen molar-refractivity contribution in [3.05, 3.63) is 53.1 Å². The van der Waals surface area contributed by atoms with Gasteiger partial charge in [0.1, 0.15) is 23.5 Å². The molecule has 3 aromatic heterocycles. The van der Waals surface area contributed by atoms with E-state index >= 15 is 0 Å². The molecule has 1 aliphatic heterocycles. The molecule has 0 saturated heterocycles. The van der Waals surface area contributed by atoms with Crippen LogP contribution in [0.4, 0.5) is 19.0 Å². The maximum Gasteiger partial charge on any atom is 0.416 e. The number of hydrogen-bond acceptors (Lipinski definition) is 8. The molecular weight excluding hydrogens is 469 g/mol. The summed E-state index contributed by atoms with van der Waals surface area (Å²) in [6.07, 6.45) is -3.28. The van der Waals surface area contributed by atoms with Gasteiger partial charge in [0.15, 0.2) is 5.82 Å². The monoisotopic (exact) mass is 486 g/mol. The fourth-order valence-electron chi connectivity index (χ4n) is 3.67. The number of nitrogens with zero attached hydrogens (tertiary/aromatic N) is 5. The third-order valence-corrected chi connectivity index (χ3v) is 5.29. The van der Waals surface area contributed by atoms with Gasteiger partial charge < -0.3 is 20.1 Å². The Balaban J connectivity index is 1.31. The van der Waals surface area contributed by atoms with E-state index in [1.807, 2.05) is 0 Å². The number of amides is 2. The second-order valence-corrected chi connectivity index (χ2v) is 7.95. The minimum absolute atomic E-state index is 0.0121. The summed E-state index contributed by atoms with van der Waals surface area (Å²) in [6, 6.07) is 4.69. The SMILES string of the molecule is CN1CC(=O)Nc2ncnc(C(=O)NCc3cc(-c4nc5ccc(C(F)(F)F)cc5[nH]4)on3)c2C1. The number of benzene rings is 1. The van der Waals surface area contributed by atoms with Crippen LogP contribution in [0.5, 0.6) is 0 Å². The van der Waals surface area contributed by atoms with Crippen LogP contribution in [0.2, 0.25) is 0 Å². The predicted octanol–water partition coefficient (Wildman–Crippen LogP) is 2.34. The van der Waals surface area contributed by atoms with E-state index < -0.39 is 17.6 Å². The zero-order valence-corrected chi connectivity index (χ0v) is 18.1. The van der Waals surface area contributed by atoms with E-state index in [0.29, 0.717) is 23.3 Å². The molecule has 0 atom stereocenters.